The minimum Gasteiger partial charge on any atom is -0.481 e. The molecule has 15 heteroatoms. The molecular weight excluding hydrogens is 586 g/mol. The number of hydrogen-bond acceptors (Lipinski definition) is 5. The van der Waals surface area contributed by atoms with Crippen LogP contribution in [0.25, 0.3) is 0 Å². The lowest BCUT2D eigenvalue weighted by molar-refractivity contribution is -0.147. The third-order valence-electron chi connectivity index (χ3n) is 7.52. The maximum absolute atomic E-state index is 14.4. The van der Waals surface area contributed by atoms with Crippen molar-refractivity contribution < 1.29 is 41.4 Å². The van der Waals surface area contributed by atoms with Crippen molar-refractivity contribution >= 4 is 40.9 Å². The molecule has 4 rings (SSSR count). The first-order valence-electron chi connectivity index (χ1n) is 12.6. The van der Waals surface area contributed by atoms with Gasteiger partial charge in [0.15, 0.2) is 11.5 Å². The Labute approximate surface area is 235 Å². The third kappa shape index (κ3) is 6.40. The zero-order valence-electron chi connectivity index (χ0n) is 20.9. The van der Waals surface area contributed by atoms with Crippen LogP contribution in [0.3, 0.4) is 0 Å². The number of carboxylic acid groups (broad SMARTS) is 1. The summed E-state index contributed by atoms with van der Waals surface area (Å²) in [5, 5.41) is 12.8. The van der Waals surface area contributed by atoms with Crippen LogP contribution in [0, 0.1) is 5.92 Å². The molecule has 1 amide bonds. The highest BCUT2D eigenvalue weighted by Crippen LogP contribution is 2.40. The standard InChI is InChI=1S/C25H25Cl2F5N4O4/c26-17-10-33-11-18(27)20(17)19(37)12-35(14-5-7-24(28,29)8-6-14)22(38)16-9-34-36(21(16)25(30,31)32)15-3-1-13(2-4-15)23(39)40/h9-11,13-15H,1-8,12H2,(H,39,40). The Morgan fingerprint density at radius 3 is 2.10 bits per heavy atom. The number of pyridine rings is 1. The Hall–Kier alpha value is -2.80. The number of alkyl halides is 5. The largest absolute Gasteiger partial charge is 0.481 e. The summed E-state index contributed by atoms with van der Waals surface area (Å²) >= 11 is 12.1. The fourth-order valence-corrected chi connectivity index (χ4v) is 5.99. The molecule has 2 aliphatic carbocycles. The van der Waals surface area contributed by atoms with Crippen LogP contribution in [0.2, 0.25) is 10.0 Å². The van der Waals surface area contributed by atoms with E-state index in [1.807, 2.05) is 0 Å². The highest BCUT2D eigenvalue weighted by molar-refractivity contribution is 6.39. The first-order valence-corrected chi connectivity index (χ1v) is 13.3. The van der Waals surface area contributed by atoms with E-state index in [0.717, 1.165) is 23.5 Å². The van der Waals surface area contributed by atoms with Gasteiger partial charge in [0.2, 0.25) is 5.92 Å². The monoisotopic (exact) mass is 610 g/mol. The van der Waals surface area contributed by atoms with Crippen molar-refractivity contribution in [1.82, 2.24) is 19.7 Å². The molecule has 2 aliphatic rings. The van der Waals surface area contributed by atoms with Crippen LogP contribution >= 0.6 is 23.2 Å². The Morgan fingerprint density at radius 2 is 1.57 bits per heavy atom. The summed E-state index contributed by atoms with van der Waals surface area (Å²) in [6, 6.07) is -1.75. The van der Waals surface area contributed by atoms with Gasteiger partial charge in [-0.25, -0.2) is 8.78 Å². The van der Waals surface area contributed by atoms with E-state index in [-0.39, 0.29) is 54.1 Å². The average molecular weight is 611 g/mol. The number of halogens is 7. The van der Waals surface area contributed by atoms with E-state index in [4.69, 9.17) is 23.2 Å². The number of amides is 1. The second-order valence-corrected chi connectivity index (χ2v) is 10.9. The maximum Gasteiger partial charge on any atom is 0.433 e. The summed E-state index contributed by atoms with van der Waals surface area (Å²) in [6.07, 6.45) is -3.18. The topological polar surface area (TPSA) is 105 Å². The van der Waals surface area contributed by atoms with Gasteiger partial charge in [-0.2, -0.15) is 18.3 Å². The van der Waals surface area contributed by atoms with Crippen LogP contribution < -0.4 is 0 Å². The molecule has 2 fully saturated rings. The molecule has 0 spiro atoms. The Kier molecular flexibility index (Phi) is 8.74. The van der Waals surface area contributed by atoms with E-state index in [2.05, 4.69) is 10.1 Å². The van der Waals surface area contributed by atoms with Gasteiger partial charge in [-0.3, -0.25) is 24.0 Å². The maximum atomic E-state index is 14.4. The van der Waals surface area contributed by atoms with Crippen molar-refractivity contribution in [1.29, 1.82) is 0 Å². The second kappa shape index (κ2) is 11.6. The predicted molar refractivity (Wildman–Crippen MR) is 133 cm³/mol. The summed E-state index contributed by atoms with van der Waals surface area (Å²) in [5.41, 5.74) is -2.36. The lowest BCUT2D eigenvalue weighted by Crippen LogP contribution is -2.47. The van der Waals surface area contributed by atoms with E-state index in [0.29, 0.717) is 4.68 Å². The first kappa shape index (κ1) is 30.2. The lowest BCUT2D eigenvalue weighted by atomic mass is 9.86. The number of nitrogens with zero attached hydrogens (tertiary/aromatic N) is 4. The molecular formula is C25H25Cl2F5N4O4. The zero-order valence-corrected chi connectivity index (χ0v) is 22.4. The number of aromatic nitrogens is 3. The van der Waals surface area contributed by atoms with Crippen LogP contribution in [0.4, 0.5) is 22.0 Å². The molecule has 8 nitrogen and oxygen atoms in total. The molecule has 0 unspecified atom stereocenters. The number of carbonyl (C=O) groups excluding carboxylic acids is 2. The number of aliphatic carboxylic acids is 1. The number of Topliss-reactive ketones (excluding diaryl/α,β-unsaturated/α-hetero) is 1. The summed E-state index contributed by atoms with van der Waals surface area (Å²) in [5.74, 6) is -6.69. The highest BCUT2D eigenvalue weighted by atomic mass is 35.5. The SMILES string of the molecule is O=C(CN(C(=O)c1cnn(C2CCC(C(=O)O)CC2)c1C(F)(F)F)C1CCC(F)(F)CC1)c1c(Cl)cncc1Cl. The smallest absolute Gasteiger partial charge is 0.433 e. The Balaban J connectivity index is 1.69. The molecule has 218 valence electrons. The van der Waals surface area contributed by atoms with Crippen molar-refractivity contribution in [3.8, 4) is 0 Å². The number of carbonyl (C=O) groups is 3. The molecule has 0 aliphatic heterocycles. The summed E-state index contributed by atoms with van der Waals surface area (Å²) in [7, 11) is 0. The number of ketones is 1. The van der Waals surface area contributed by atoms with Crippen molar-refractivity contribution in [2.24, 2.45) is 5.92 Å². The Morgan fingerprint density at radius 1 is 1.00 bits per heavy atom. The molecule has 1 N–H and O–H groups in total. The quantitative estimate of drug-likeness (QED) is 0.290. The predicted octanol–water partition coefficient (Wildman–Crippen LogP) is 6.32. The van der Waals surface area contributed by atoms with E-state index in [1.165, 1.54) is 0 Å². The van der Waals surface area contributed by atoms with Gasteiger partial charge in [0.25, 0.3) is 5.91 Å². The molecule has 2 aromatic heterocycles. The lowest BCUT2D eigenvalue weighted by Gasteiger charge is -2.36. The van der Waals surface area contributed by atoms with Crippen LogP contribution in [0.1, 0.15) is 83.8 Å². The van der Waals surface area contributed by atoms with Gasteiger partial charge in [-0.1, -0.05) is 23.2 Å². The van der Waals surface area contributed by atoms with E-state index < -0.39 is 78.4 Å². The van der Waals surface area contributed by atoms with Gasteiger partial charge >= 0.3 is 12.1 Å². The van der Waals surface area contributed by atoms with Crippen molar-refractivity contribution in [2.75, 3.05) is 6.54 Å². The summed E-state index contributed by atoms with van der Waals surface area (Å²) in [4.78, 5) is 42.8. The van der Waals surface area contributed by atoms with E-state index in [1.54, 1.807) is 0 Å². The van der Waals surface area contributed by atoms with Crippen LogP contribution in [-0.4, -0.2) is 60.9 Å². The number of carboxylic acids is 1. The van der Waals surface area contributed by atoms with E-state index in [9.17, 15) is 41.4 Å². The average Bonchev–Trinajstić information content (AvgIpc) is 3.33. The third-order valence-corrected chi connectivity index (χ3v) is 8.09. The van der Waals surface area contributed by atoms with E-state index >= 15 is 0 Å². The summed E-state index contributed by atoms with van der Waals surface area (Å²) < 4.78 is 71.6. The molecule has 40 heavy (non-hydrogen) atoms. The minimum atomic E-state index is -5.03. The van der Waals surface area contributed by atoms with Crippen LogP contribution in [-0.2, 0) is 11.0 Å². The van der Waals surface area contributed by atoms with Gasteiger partial charge in [0.1, 0.15) is 0 Å². The summed E-state index contributed by atoms with van der Waals surface area (Å²) in [6.45, 7) is -0.759. The molecule has 2 heterocycles. The minimum absolute atomic E-state index is 0.105. The molecule has 0 atom stereocenters. The second-order valence-electron chi connectivity index (χ2n) is 10.1. The highest BCUT2D eigenvalue weighted by Gasteiger charge is 2.45. The molecule has 2 aromatic rings. The fraction of sp³-hybridized carbons (Fsp3) is 0.560. The van der Waals surface area contributed by atoms with Gasteiger partial charge < -0.3 is 10.0 Å². The molecule has 2 saturated carbocycles. The zero-order chi connectivity index (χ0) is 29.4. The number of hydrogen-bond donors (Lipinski definition) is 1. The van der Waals surface area contributed by atoms with Crippen molar-refractivity contribution in [2.45, 2.75) is 75.5 Å². The molecule has 0 saturated heterocycles. The number of rotatable bonds is 7. The van der Waals surface area contributed by atoms with Gasteiger partial charge in [-0.15, -0.1) is 0 Å². The van der Waals surface area contributed by atoms with Gasteiger partial charge in [0, 0.05) is 31.3 Å². The van der Waals surface area contributed by atoms with Crippen LogP contribution in [0.5, 0.6) is 0 Å². The molecule has 0 aromatic carbocycles. The van der Waals surface area contributed by atoms with Crippen molar-refractivity contribution in [3.05, 3.63) is 45.5 Å². The van der Waals surface area contributed by atoms with Gasteiger partial charge in [0.05, 0.1) is 45.9 Å². The van der Waals surface area contributed by atoms with Gasteiger partial charge in [-0.05, 0) is 38.5 Å². The van der Waals surface area contributed by atoms with Crippen LogP contribution in [0.15, 0.2) is 18.6 Å². The Bertz CT molecular complexity index is 1260. The fourth-order valence-electron chi connectivity index (χ4n) is 5.42. The normalized spacial score (nSPS) is 21.7. The first-order chi connectivity index (χ1) is 18.7. The molecule has 0 radical (unpaired) electrons. The molecule has 0 bridgehead atoms. The van der Waals surface area contributed by atoms with Crippen molar-refractivity contribution in [3.63, 3.8) is 0 Å².